The molecule has 3 N–H and O–H groups in total. The quantitative estimate of drug-likeness (QED) is 0.262. The summed E-state index contributed by atoms with van der Waals surface area (Å²) in [6.07, 6.45) is 0.724. The summed E-state index contributed by atoms with van der Waals surface area (Å²) in [6.45, 7) is 2.81. The first-order valence-corrected chi connectivity index (χ1v) is 14.4. The van der Waals surface area contributed by atoms with Crippen LogP contribution in [0.15, 0.2) is 54.6 Å². The standard InChI is InChI=1S/C33H38F3N3O4/c1-21-10-13-27(34)25(17-21)30-26(8-4-9-28(30)35)33(42,14-6-15-38-32(41)43-3)23-7-5-16-39(20-23)31(40)24-12-11-22(19-37-2)18-29(24)36/h4,8-13,17-18,23,37,42H,5-7,14-16,19-20H2,1-3H3,(H,38,41)/t23-,33?/m1/s1. The Labute approximate surface area is 250 Å². The Balaban J connectivity index is 1.72. The van der Waals surface area contributed by atoms with Crippen LogP contribution in [0.25, 0.3) is 11.1 Å². The molecule has 230 valence electrons. The molecule has 3 aromatic carbocycles. The molecule has 1 heterocycles. The summed E-state index contributed by atoms with van der Waals surface area (Å²) in [5.74, 6) is -3.06. The first kappa shape index (κ1) is 32.0. The second kappa shape index (κ2) is 14.1. The Hall–Kier alpha value is -3.89. The Morgan fingerprint density at radius 3 is 2.58 bits per heavy atom. The zero-order valence-electron chi connectivity index (χ0n) is 24.7. The SMILES string of the molecule is CNCc1ccc(C(=O)N2CCC[C@@H](C(O)(CCCNC(=O)OC)c3cccc(F)c3-c3cc(C)ccc3F)C2)c(F)c1. The molecule has 7 nitrogen and oxygen atoms in total. The van der Waals surface area contributed by atoms with E-state index in [-0.39, 0.29) is 48.2 Å². The van der Waals surface area contributed by atoms with Gasteiger partial charge in [-0.15, -0.1) is 0 Å². The number of aryl methyl sites for hydroxylation is 1. The minimum atomic E-state index is -1.72. The molecule has 1 aliphatic rings. The number of hydrogen-bond acceptors (Lipinski definition) is 5. The molecule has 3 aromatic rings. The first-order chi connectivity index (χ1) is 20.6. The van der Waals surface area contributed by atoms with E-state index in [4.69, 9.17) is 0 Å². The largest absolute Gasteiger partial charge is 0.453 e. The fourth-order valence-electron chi connectivity index (χ4n) is 5.94. The van der Waals surface area contributed by atoms with Crippen molar-refractivity contribution in [3.8, 4) is 11.1 Å². The predicted molar refractivity (Wildman–Crippen MR) is 158 cm³/mol. The Bertz CT molecular complexity index is 1470. The van der Waals surface area contributed by atoms with Gasteiger partial charge in [0, 0.05) is 43.2 Å². The summed E-state index contributed by atoms with van der Waals surface area (Å²) in [5, 5.41) is 18.1. The molecule has 0 bridgehead atoms. The van der Waals surface area contributed by atoms with Gasteiger partial charge in [-0.3, -0.25) is 4.79 Å². The lowest BCUT2D eigenvalue weighted by atomic mass is 9.72. The van der Waals surface area contributed by atoms with Crippen LogP contribution in [-0.2, 0) is 16.9 Å². The summed E-state index contributed by atoms with van der Waals surface area (Å²) in [4.78, 5) is 26.7. The predicted octanol–water partition coefficient (Wildman–Crippen LogP) is 5.67. The summed E-state index contributed by atoms with van der Waals surface area (Å²) in [6, 6.07) is 13.1. The third-order valence-corrected chi connectivity index (χ3v) is 8.09. The fraction of sp³-hybridized carbons (Fsp3) is 0.394. The minimum absolute atomic E-state index is 0.0201. The molecular formula is C33H38F3N3O4. The van der Waals surface area contributed by atoms with Crippen molar-refractivity contribution in [1.29, 1.82) is 0 Å². The summed E-state index contributed by atoms with van der Waals surface area (Å²) >= 11 is 0. The third kappa shape index (κ3) is 7.19. The third-order valence-electron chi connectivity index (χ3n) is 8.09. The number of piperidine rings is 1. The van der Waals surface area contributed by atoms with Gasteiger partial charge in [0.15, 0.2) is 0 Å². The molecule has 1 aliphatic heterocycles. The van der Waals surface area contributed by atoms with Crippen LogP contribution >= 0.6 is 0 Å². The molecule has 0 aromatic heterocycles. The lowest BCUT2D eigenvalue weighted by Crippen LogP contribution is -2.48. The van der Waals surface area contributed by atoms with Crippen LogP contribution in [-0.4, -0.2) is 55.8 Å². The Morgan fingerprint density at radius 2 is 1.86 bits per heavy atom. The van der Waals surface area contributed by atoms with Gasteiger partial charge >= 0.3 is 6.09 Å². The maximum Gasteiger partial charge on any atom is 0.406 e. The molecule has 10 heteroatoms. The minimum Gasteiger partial charge on any atom is -0.453 e. The van der Waals surface area contributed by atoms with Crippen molar-refractivity contribution in [2.75, 3.05) is 33.8 Å². The van der Waals surface area contributed by atoms with Gasteiger partial charge in [0.25, 0.3) is 5.91 Å². The number of aliphatic hydroxyl groups is 1. The highest BCUT2D eigenvalue weighted by molar-refractivity contribution is 5.94. The van der Waals surface area contributed by atoms with Crippen molar-refractivity contribution >= 4 is 12.0 Å². The normalized spacial score (nSPS) is 16.4. The van der Waals surface area contributed by atoms with Crippen LogP contribution < -0.4 is 10.6 Å². The summed E-state index contributed by atoms with van der Waals surface area (Å²) < 4.78 is 50.3. The number of halogens is 3. The molecule has 4 rings (SSSR count). The van der Waals surface area contributed by atoms with Crippen LogP contribution in [0.1, 0.15) is 52.7 Å². The van der Waals surface area contributed by atoms with Gasteiger partial charge in [0.05, 0.1) is 18.3 Å². The second-order valence-corrected chi connectivity index (χ2v) is 11.0. The number of carbonyl (C=O) groups is 2. The van der Waals surface area contributed by atoms with Crippen LogP contribution in [0.2, 0.25) is 0 Å². The number of ether oxygens (including phenoxy) is 1. The van der Waals surface area contributed by atoms with Crippen molar-refractivity contribution in [2.24, 2.45) is 5.92 Å². The summed E-state index contributed by atoms with van der Waals surface area (Å²) in [5.41, 5.74) is -0.219. The molecule has 0 radical (unpaired) electrons. The summed E-state index contributed by atoms with van der Waals surface area (Å²) in [7, 11) is 2.99. The number of carbonyl (C=O) groups excluding carboxylic acids is 2. The molecule has 1 fully saturated rings. The van der Waals surface area contributed by atoms with Crippen molar-refractivity contribution in [3.05, 3.63) is 94.3 Å². The van der Waals surface area contributed by atoms with E-state index in [0.717, 1.165) is 0 Å². The number of rotatable bonds is 10. The molecular weight excluding hydrogens is 559 g/mol. The zero-order valence-corrected chi connectivity index (χ0v) is 24.7. The van der Waals surface area contributed by atoms with Gasteiger partial charge in [0.2, 0.25) is 0 Å². The Morgan fingerprint density at radius 1 is 1.07 bits per heavy atom. The number of amides is 2. The smallest absolute Gasteiger partial charge is 0.406 e. The fourth-order valence-corrected chi connectivity index (χ4v) is 5.94. The van der Waals surface area contributed by atoms with E-state index >= 15 is 8.78 Å². The highest BCUT2D eigenvalue weighted by atomic mass is 19.1. The van der Waals surface area contributed by atoms with E-state index in [2.05, 4.69) is 15.4 Å². The molecule has 43 heavy (non-hydrogen) atoms. The van der Waals surface area contributed by atoms with Gasteiger partial charge in [-0.05, 0) is 81.1 Å². The molecule has 0 spiro atoms. The number of hydrogen-bond donors (Lipinski definition) is 3. The Kier molecular flexibility index (Phi) is 10.5. The average molecular weight is 598 g/mol. The van der Waals surface area contributed by atoms with E-state index in [0.29, 0.717) is 37.1 Å². The van der Waals surface area contributed by atoms with E-state index in [9.17, 15) is 19.1 Å². The second-order valence-electron chi connectivity index (χ2n) is 11.0. The topological polar surface area (TPSA) is 90.9 Å². The van der Waals surface area contributed by atoms with Crippen LogP contribution in [0.5, 0.6) is 0 Å². The number of benzene rings is 3. The highest BCUT2D eigenvalue weighted by Gasteiger charge is 2.43. The number of methoxy groups -OCH3 is 1. The first-order valence-electron chi connectivity index (χ1n) is 14.4. The number of nitrogens with zero attached hydrogens (tertiary/aromatic N) is 1. The molecule has 1 saturated heterocycles. The van der Waals surface area contributed by atoms with Gasteiger partial charge in [-0.1, -0.05) is 29.8 Å². The van der Waals surface area contributed by atoms with E-state index in [1.165, 1.54) is 48.4 Å². The monoisotopic (exact) mass is 597 g/mol. The van der Waals surface area contributed by atoms with Crippen molar-refractivity contribution in [1.82, 2.24) is 15.5 Å². The van der Waals surface area contributed by atoms with Crippen molar-refractivity contribution in [2.45, 2.75) is 44.8 Å². The van der Waals surface area contributed by atoms with Gasteiger partial charge in [-0.25, -0.2) is 18.0 Å². The molecule has 2 amide bonds. The van der Waals surface area contributed by atoms with E-state index in [1.54, 1.807) is 32.2 Å². The van der Waals surface area contributed by atoms with Crippen LogP contribution in [0.3, 0.4) is 0 Å². The molecule has 1 unspecified atom stereocenters. The number of nitrogens with one attached hydrogen (secondary N) is 2. The molecule has 0 saturated carbocycles. The number of likely N-dealkylation sites (tertiary alicyclic amines) is 1. The maximum atomic E-state index is 15.6. The van der Waals surface area contributed by atoms with Crippen molar-refractivity contribution < 1.29 is 32.6 Å². The maximum absolute atomic E-state index is 15.6. The van der Waals surface area contributed by atoms with Gasteiger partial charge < -0.3 is 25.4 Å². The zero-order chi connectivity index (χ0) is 31.1. The van der Waals surface area contributed by atoms with Gasteiger partial charge in [-0.2, -0.15) is 0 Å². The lowest BCUT2D eigenvalue weighted by molar-refractivity contribution is -0.0565. The van der Waals surface area contributed by atoms with E-state index < -0.39 is 41.0 Å². The van der Waals surface area contributed by atoms with Crippen molar-refractivity contribution in [3.63, 3.8) is 0 Å². The average Bonchev–Trinajstić information content (AvgIpc) is 3.00. The molecule has 2 atom stereocenters. The van der Waals surface area contributed by atoms with E-state index in [1.807, 2.05) is 0 Å². The van der Waals surface area contributed by atoms with Crippen LogP contribution in [0, 0.1) is 30.3 Å². The van der Waals surface area contributed by atoms with Gasteiger partial charge in [0.1, 0.15) is 17.5 Å². The lowest BCUT2D eigenvalue weighted by Gasteiger charge is -2.43. The highest BCUT2D eigenvalue weighted by Crippen LogP contribution is 2.45. The number of alkyl carbamates (subject to hydrolysis) is 1. The van der Waals surface area contributed by atoms with Crippen LogP contribution in [0.4, 0.5) is 18.0 Å². The molecule has 0 aliphatic carbocycles.